The van der Waals surface area contributed by atoms with Crippen LogP contribution < -0.4 is 5.32 Å². The van der Waals surface area contributed by atoms with Crippen LogP contribution in [-0.2, 0) is 4.74 Å². The number of nitro benzene ring substituents is 1. The Morgan fingerprint density at radius 2 is 2.04 bits per heavy atom. The van der Waals surface area contributed by atoms with E-state index in [1.165, 1.54) is 37.4 Å². The number of ether oxygens (including phenoxy) is 1. The molecule has 1 aromatic heterocycles. The number of benzene rings is 1. The summed E-state index contributed by atoms with van der Waals surface area (Å²) < 4.78 is 9.68. The van der Waals surface area contributed by atoms with Crippen LogP contribution in [0.15, 0.2) is 34.9 Å². The number of hydrogen-bond acceptors (Lipinski definition) is 7. The fourth-order valence-electron chi connectivity index (χ4n) is 1.81. The number of aromatic nitrogens is 1. The summed E-state index contributed by atoms with van der Waals surface area (Å²) in [6.45, 7) is 0. The second kappa shape index (κ2) is 6.56. The van der Waals surface area contributed by atoms with E-state index in [2.05, 4.69) is 10.5 Å². The van der Waals surface area contributed by atoms with Gasteiger partial charge in [0, 0.05) is 30.8 Å². The molecule has 0 spiro atoms. The second-order valence-corrected chi connectivity index (χ2v) is 4.31. The van der Waals surface area contributed by atoms with E-state index in [9.17, 15) is 19.7 Å². The first-order valence-electron chi connectivity index (χ1n) is 6.25. The highest BCUT2D eigenvalue weighted by Crippen LogP contribution is 2.28. The predicted octanol–water partition coefficient (Wildman–Crippen LogP) is 1.73. The zero-order valence-electron chi connectivity index (χ0n) is 11.8. The molecule has 1 aromatic carbocycles. The van der Waals surface area contributed by atoms with Crippen LogP contribution in [-0.4, -0.2) is 34.3 Å². The third kappa shape index (κ3) is 3.61. The van der Waals surface area contributed by atoms with Crippen molar-refractivity contribution in [2.24, 2.45) is 0 Å². The van der Waals surface area contributed by atoms with Crippen LogP contribution in [0.25, 0.3) is 0 Å². The molecule has 1 heterocycles. The van der Waals surface area contributed by atoms with Crippen LogP contribution in [0.3, 0.4) is 0 Å². The highest BCUT2D eigenvalue weighted by molar-refractivity contribution is 5.91. The molecule has 10 heteroatoms. The van der Waals surface area contributed by atoms with Gasteiger partial charge in [-0.1, -0.05) is 5.16 Å². The topological polar surface area (TPSA) is 145 Å². The summed E-state index contributed by atoms with van der Waals surface area (Å²) in [5, 5.41) is 25.3. The average molecular weight is 321 g/mol. The maximum absolute atomic E-state index is 11.5. The van der Waals surface area contributed by atoms with Crippen molar-refractivity contribution in [2.45, 2.75) is 6.10 Å². The van der Waals surface area contributed by atoms with Gasteiger partial charge in [-0.3, -0.25) is 14.9 Å². The fourth-order valence-corrected chi connectivity index (χ4v) is 1.81. The number of carbonyl (C=O) groups is 2. The lowest BCUT2D eigenvalue weighted by Gasteiger charge is -2.12. The first-order chi connectivity index (χ1) is 10.9. The van der Waals surface area contributed by atoms with Crippen molar-refractivity contribution >= 4 is 17.7 Å². The minimum Gasteiger partial charge on any atom is -0.450 e. The number of nitro groups is 1. The van der Waals surface area contributed by atoms with Crippen LogP contribution in [0.2, 0.25) is 0 Å². The Morgan fingerprint density at radius 1 is 1.39 bits per heavy atom. The molecule has 2 rings (SSSR count). The highest BCUT2D eigenvalue weighted by atomic mass is 16.7. The van der Waals surface area contributed by atoms with Crippen LogP contribution in [0.4, 0.5) is 10.5 Å². The van der Waals surface area contributed by atoms with E-state index in [0.29, 0.717) is 0 Å². The number of carboxylic acid groups (broad SMARTS) is 1. The molecule has 1 unspecified atom stereocenters. The van der Waals surface area contributed by atoms with Gasteiger partial charge in [-0.25, -0.2) is 4.79 Å². The third-order valence-electron chi connectivity index (χ3n) is 2.87. The Morgan fingerprint density at radius 3 is 2.57 bits per heavy atom. The highest BCUT2D eigenvalue weighted by Gasteiger charge is 2.25. The summed E-state index contributed by atoms with van der Waals surface area (Å²) >= 11 is 0. The van der Waals surface area contributed by atoms with Crippen molar-refractivity contribution in [3.8, 4) is 0 Å². The van der Waals surface area contributed by atoms with Gasteiger partial charge in [0.1, 0.15) is 0 Å². The second-order valence-electron chi connectivity index (χ2n) is 4.31. The van der Waals surface area contributed by atoms with Crippen molar-refractivity contribution < 1.29 is 28.9 Å². The van der Waals surface area contributed by atoms with Crippen LogP contribution in [0.5, 0.6) is 0 Å². The minimum absolute atomic E-state index is 0.0279. The number of rotatable bonds is 5. The summed E-state index contributed by atoms with van der Waals surface area (Å²) in [6.07, 6.45) is -2.79. The molecule has 0 bridgehead atoms. The number of nitrogens with zero attached hydrogens (tertiary/aromatic N) is 2. The van der Waals surface area contributed by atoms with E-state index >= 15 is 0 Å². The van der Waals surface area contributed by atoms with Crippen molar-refractivity contribution in [3.63, 3.8) is 0 Å². The lowest BCUT2D eigenvalue weighted by molar-refractivity contribution is -0.384. The average Bonchev–Trinajstić information content (AvgIpc) is 3.01. The molecular weight excluding hydrogens is 310 g/mol. The van der Waals surface area contributed by atoms with Crippen molar-refractivity contribution in [3.05, 3.63) is 57.5 Å². The molecule has 0 radical (unpaired) electrons. The normalized spacial score (nSPS) is 11.5. The lowest BCUT2D eigenvalue weighted by atomic mass is 10.1. The summed E-state index contributed by atoms with van der Waals surface area (Å²) in [4.78, 5) is 32.4. The Balaban J connectivity index is 2.36. The molecule has 0 aliphatic rings. The van der Waals surface area contributed by atoms with Gasteiger partial charge in [-0.05, 0) is 12.1 Å². The maximum Gasteiger partial charge on any atom is 0.506 e. The van der Waals surface area contributed by atoms with Gasteiger partial charge in [0.2, 0.25) is 0 Å². The molecule has 10 nitrogen and oxygen atoms in total. The van der Waals surface area contributed by atoms with Crippen LogP contribution in [0.1, 0.15) is 27.9 Å². The van der Waals surface area contributed by atoms with Gasteiger partial charge < -0.3 is 19.7 Å². The largest absolute Gasteiger partial charge is 0.506 e. The summed E-state index contributed by atoms with van der Waals surface area (Å²) in [6, 6.07) is 6.28. The zero-order chi connectivity index (χ0) is 17.0. The summed E-state index contributed by atoms with van der Waals surface area (Å²) in [7, 11) is 1.40. The minimum atomic E-state index is -1.58. The standard InChI is InChI=1S/C13H11N3O7/c1-14-12(17)9-6-10(23-15-9)11(22-13(18)19)7-2-4-8(5-3-7)16(20)21/h2-6,11H,1H3,(H,14,17)(H,18,19). The van der Waals surface area contributed by atoms with Gasteiger partial charge >= 0.3 is 6.16 Å². The van der Waals surface area contributed by atoms with E-state index in [-0.39, 0.29) is 22.7 Å². The van der Waals surface area contributed by atoms with Gasteiger partial charge in [0.25, 0.3) is 11.6 Å². The van der Waals surface area contributed by atoms with Gasteiger partial charge in [0.05, 0.1) is 4.92 Å². The van der Waals surface area contributed by atoms with E-state index in [0.717, 1.165) is 0 Å². The maximum atomic E-state index is 11.5. The molecule has 1 atom stereocenters. The smallest absolute Gasteiger partial charge is 0.450 e. The van der Waals surface area contributed by atoms with Crippen molar-refractivity contribution in [1.29, 1.82) is 0 Å². The molecule has 120 valence electrons. The first kappa shape index (κ1) is 15.9. The van der Waals surface area contributed by atoms with E-state index in [4.69, 9.17) is 14.4 Å². The number of nitrogens with one attached hydrogen (secondary N) is 1. The third-order valence-corrected chi connectivity index (χ3v) is 2.87. The van der Waals surface area contributed by atoms with Gasteiger partial charge in [-0.2, -0.15) is 0 Å². The fraction of sp³-hybridized carbons (Fsp3) is 0.154. The Hall–Kier alpha value is -3.43. The molecule has 0 aliphatic carbocycles. The Labute approximate surface area is 128 Å². The summed E-state index contributed by atoms with van der Waals surface area (Å²) in [5.41, 5.74) is 0.0763. The van der Waals surface area contributed by atoms with Crippen molar-refractivity contribution in [2.75, 3.05) is 7.05 Å². The number of amides is 1. The van der Waals surface area contributed by atoms with Crippen LogP contribution in [0, 0.1) is 10.1 Å². The number of hydrogen-bond donors (Lipinski definition) is 2. The molecule has 1 amide bonds. The molecule has 2 N–H and O–H groups in total. The Kier molecular flexibility index (Phi) is 4.55. The first-order valence-corrected chi connectivity index (χ1v) is 6.25. The SMILES string of the molecule is CNC(=O)c1cc(C(OC(=O)O)c2ccc([N+](=O)[O-])cc2)on1. The molecule has 0 aliphatic heterocycles. The van der Waals surface area contributed by atoms with Crippen LogP contribution >= 0.6 is 0 Å². The number of non-ortho nitro benzene ring substituents is 1. The quantitative estimate of drug-likeness (QED) is 0.481. The van der Waals surface area contributed by atoms with Crippen molar-refractivity contribution in [1.82, 2.24) is 10.5 Å². The summed E-state index contributed by atoms with van der Waals surface area (Å²) in [5.74, 6) is -0.544. The van der Waals surface area contributed by atoms with E-state index < -0.39 is 23.1 Å². The molecule has 0 saturated heterocycles. The predicted molar refractivity (Wildman–Crippen MR) is 73.9 cm³/mol. The molecule has 0 saturated carbocycles. The molecule has 2 aromatic rings. The monoisotopic (exact) mass is 321 g/mol. The van der Waals surface area contributed by atoms with Gasteiger partial charge in [-0.15, -0.1) is 0 Å². The molecule has 0 fully saturated rings. The lowest BCUT2D eigenvalue weighted by Crippen LogP contribution is -2.18. The molecule has 23 heavy (non-hydrogen) atoms. The van der Waals surface area contributed by atoms with E-state index in [1.807, 2.05) is 0 Å². The van der Waals surface area contributed by atoms with E-state index in [1.54, 1.807) is 0 Å². The van der Waals surface area contributed by atoms with Gasteiger partial charge in [0.15, 0.2) is 17.6 Å². The number of carbonyl (C=O) groups excluding carboxylic acids is 1. The Bertz CT molecular complexity index is 738. The zero-order valence-corrected chi connectivity index (χ0v) is 11.8. The molecular formula is C13H11N3O7.